The summed E-state index contributed by atoms with van der Waals surface area (Å²) in [6.07, 6.45) is 7.39. The number of fused-ring (bicyclic) bond motifs is 1. The van der Waals surface area contributed by atoms with Gasteiger partial charge in [0, 0.05) is 10.8 Å². The van der Waals surface area contributed by atoms with Gasteiger partial charge in [-0.1, -0.05) is 45.9 Å². The minimum absolute atomic E-state index is 0.0214. The molecule has 2 aromatic rings. The molecule has 152 valence electrons. The molecule has 6 heteroatoms. The van der Waals surface area contributed by atoms with Crippen molar-refractivity contribution >= 4 is 17.8 Å². The van der Waals surface area contributed by atoms with E-state index in [2.05, 4.69) is 32.7 Å². The molecule has 1 aromatic carbocycles. The number of hydrogen-bond donors (Lipinski definition) is 2. The number of carbonyl (C=O) groups is 1. The minimum atomic E-state index is -0.960. The molecule has 0 saturated carbocycles. The van der Waals surface area contributed by atoms with Gasteiger partial charge in [0.1, 0.15) is 12.4 Å². The van der Waals surface area contributed by atoms with E-state index in [-0.39, 0.29) is 23.1 Å². The van der Waals surface area contributed by atoms with Gasteiger partial charge < -0.3 is 10.2 Å². The molecule has 0 unspecified atom stereocenters. The first-order valence-corrected chi connectivity index (χ1v) is 9.69. The largest absolute Gasteiger partial charge is 0.478 e. The number of aromatic nitrogens is 2. The molecule has 0 aliphatic heterocycles. The second-order valence-electron chi connectivity index (χ2n) is 8.67. The summed E-state index contributed by atoms with van der Waals surface area (Å²) in [5, 5.41) is 18.4. The lowest BCUT2D eigenvalue weighted by Gasteiger charge is -2.39. The van der Waals surface area contributed by atoms with Crippen molar-refractivity contribution in [3.05, 3.63) is 64.7 Å². The number of carboxylic acid groups (broad SMARTS) is 1. The first-order valence-electron chi connectivity index (χ1n) is 9.69. The molecule has 3 rings (SSSR count). The number of rotatable bonds is 5. The SMILES string of the molecule is CC1(C)CCC(C)(C)c2nc(C(/C=C/c3ccc(C(=O)O)cc3)=N/CO)cnc21. The predicted octanol–water partition coefficient (Wildman–Crippen LogP) is 3.98. The third-order valence-corrected chi connectivity index (χ3v) is 5.52. The summed E-state index contributed by atoms with van der Waals surface area (Å²) in [5.74, 6) is -0.960. The van der Waals surface area contributed by atoms with Gasteiger partial charge in [0.25, 0.3) is 0 Å². The maximum absolute atomic E-state index is 11.0. The van der Waals surface area contributed by atoms with Crippen LogP contribution in [0.2, 0.25) is 0 Å². The normalized spacial score (nSPS) is 17.9. The number of nitrogens with zero attached hydrogens (tertiary/aromatic N) is 3. The number of aromatic carboxylic acids is 1. The Kier molecular flexibility index (Phi) is 5.66. The van der Waals surface area contributed by atoms with Gasteiger partial charge in [-0.3, -0.25) is 9.98 Å². The molecule has 6 nitrogen and oxygen atoms in total. The second-order valence-corrected chi connectivity index (χ2v) is 8.67. The molecule has 29 heavy (non-hydrogen) atoms. The summed E-state index contributed by atoms with van der Waals surface area (Å²) in [6, 6.07) is 6.55. The van der Waals surface area contributed by atoms with Crippen molar-refractivity contribution in [3.8, 4) is 0 Å². The van der Waals surface area contributed by atoms with Crippen LogP contribution >= 0.6 is 0 Å². The smallest absolute Gasteiger partial charge is 0.335 e. The van der Waals surface area contributed by atoms with E-state index >= 15 is 0 Å². The van der Waals surface area contributed by atoms with Crippen LogP contribution in [0, 0.1) is 0 Å². The summed E-state index contributed by atoms with van der Waals surface area (Å²) in [4.78, 5) is 24.8. The molecule has 0 radical (unpaired) electrons. The number of aliphatic hydroxyl groups is 1. The number of aliphatic imine (C=N–C) groups is 1. The van der Waals surface area contributed by atoms with Crippen LogP contribution in [-0.4, -0.2) is 38.6 Å². The summed E-state index contributed by atoms with van der Waals surface area (Å²) < 4.78 is 0. The third-order valence-electron chi connectivity index (χ3n) is 5.52. The van der Waals surface area contributed by atoms with Crippen molar-refractivity contribution in [2.24, 2.45) is 4.99 Å². The number of hydrogen-bond acceptors (Lipinski definition) is 5. The van der Waals surface area contributed by atoms with E-state index in [4.69, 9.17) is 15.1 Å². The maximum atomic E-state index is 11.0. The van der Waals surface area contributed by atoms with E-state index < -0.39 is 5.97 Å². The molecule has 0 spiro atoms. The first-order chi connectivity index (χ1) is 13.6. The van der Waals surface area contributed by atoms with Crippen LogP contribution in [0.3, 0.4) is 0 Å². The van der Waals surface area contributed by atoms with Crippen LogP contribution in [0.1, 0.15) is 73.5 Å². The van der Waals surface area contributed by atoms with Crippen molar-refractivity contribution < 1.29 is 15.0 Å². The molecular weight excluding hydrogens is 366 g/mol. The van der Waals surface area contributed by atoms with Crippen LogP contribution < -0.4 is 0 Å². The molecule has 0 bridgehead atoms. The van der Waals surface area contributed by atoms with Crippen LogP contribution in [-0.2, 0) is 10.8 Å². The number of aliphatic hydroxyl groups excluding tert-OH is 1. The van der Waals surface area contributed by atoms with Gasteiger partial charge in [0.2, 0.25) is 0 Å². The highest BCUT2D eigenvalue weighted by Gasteiger charge is 2.39. The summed E-state index contributed by atoms with van der Waals surface area (Å²) >= 11 is 0. The van der Waals surface area contributed by atoms with E-state index in [1.165, 1.54) is 0 Å². The van der Waals surface area contributed by atoms with Gasteiger partial charge in [-0.15, -0.1) is 0 Å². The Morgan fingerprint density at radius 3 is 2.31 bits per heavy atom. The summed E-state index contributed by atoms with van der Waals surface area (Å²) in [6.45, 7) is 8.40. The van der Waals surface area contributed by atoms with Crippen LogP contribution in [0.25, 0.3) is 6.08 Å². The molecule has 0 atom stereocenters. The Balaban J connectivity index is 1.96. The molecular formula is C23H27N3O3. The fourth-order valence-corrected chi connectivity index (χ4v) is 3.55. The van der Waals surface area contributed by atoms with Gasteiger partial charge in [0.05, 0.1) is 28.9 Å². The fourth-order valence-electron chi connectivity index (χ4n) is 3.55. The van der Waals surface area contributed by atoms with E-state index in [9.17, 15) is 9.90 Å². The highest BCUT2D eigenvalue weighted by molar-refractivity contribution is 6.09. The van der Waals surface area contributed by atoms with Gasteiger partial charge >= 0.3 is 5.97 Å². The predicted molar refractivity (Wildman–Crippen MR) is 113 cm³/mol. The zero-order chi connectivity index (χ0) is 21.2. The molecule has 1 aliphatic rings. The van der Waals surface area contributed by atoms with E-state index in [0.29, 0.717) is 11.4 Å². The van der Waals surface area contributed by atoms with Gasteiger partial charge in [-0.25, -0.2) is 9.78 Å². The first kappa shape index (κ1) is 20.9. The Morgan fingerprint density at radius 2 is 1.72 bits per heavy atom. The van der Waals surface area contributed by atoms with Crippen molar-refractivity contribution in [2.45, 2.75) is 51.4 Å². The second kappa shape index (κ2) is 7.87. The molecule has 2 N–H and O–H groups in total. The van der Waals surface area contributed by atoms with Crippen molar-refractivity contribution in [3.63, 3.8) is 0 Å². The lowest BCUT2D eigenvalue weighted by molar-refractivity contribution is 0.0697. The Hall–Kier alpha value is -2.86. The molecule has 0 amide bonds. The van der Waals surface area contributed by atoms with Gasteiger partial charge in [0.15, 0.2) is 0 Å². The van der Waals surface area contributed by atoms with Gasteiger partial charge in [-0.2, -0.15) is 0 Å². The van der Waals surface area contributed by atoms with Crippen molar-refractivity contribution in [2.75, 3.05) is 6.73 Å². The summed E-state index contributed by atoms with van der Waals surface area (Å²) in [5.41, 5.74) is 4.11. The molecule has 1 heterocycles. The minimum Gasteiger partial charge on any atom is -0.478 e. The third kappa shape index (κ3) is 4.43. The van der Waals surface area contributed by atoms with Crippen molar-refractivity contribution in [1.29, 1.82) is 0 Å². The lowest BCUT2D eigenvalue weighted by atomic mass is 9.67. The van der Waals surface area contributed by atoms with Crippen LogP contribution in [0.15, 0.2) is 41.5 Å². The number of carboxylic acids is 1. The number of allylic oxidation sites excluding steroid dienone is 1. The van der Waals surface area contributed by atoms with E-state index in [1.54, 1.807) is 36.5 Å². The quantitative estimate of drug-likeness (QED) is 0.749. The standard InChI is InChI=1S/C23H27N3O3/c1-22(2)11-12-23(3,4)20-19(22)24-13-18(26-20)17(25-14-27)10-7-15-5-8-16(9-6-15)21(28)29/h5-10,13,27H,11-12,14H2,1-4H3,(H,28,29)/b10-7+,25-17+. The Morgan fingerprint density at radius 1 is 1.10 bits per heavy atom. The lowest BCUT2D eigenvalue weighted by Crippen LogP contribution is -2.36. The topological polar surface area (TPSA) is 95.7 Å². The maximum Gasteiger partial charge on any atom is 0.335 e. The molecule has 0 saturated heterocycles. The van der Waals surface area contributed by atoms with Crippen LogP contribution in [0.4, 0.5) is 0 Å². The fraction of sp³-hybridized carbons (Fsp3) is 0.391. The molecule has 1 aliphatic carbocycles. The Labute approximate surface area is 171 Å². The average Bonchev–Trinajstić information content (AvgIpc) is 2.69. The van der Waals surface area contributed by atoms with E-state index in [0.717, 1.165) is 29.8 Å². The monoisotopic (exact) mass is 393 g/mol. The highest BCUT2D eigenvalue weighted by atomic mass is 16.4. The number of benzene rings is 1. The zero-order valence-electron chi connectivity index (χ0n) is 17.3. The zero-order valence-corrected chi connectivity index (χ0v) is 17.3. The molecule has 1 aromatic heterocycles. The highest BCUT2D eigenvalue weighted by Crippen LogP contribution is 2.43. The van der Waals surface area contributed by atoms with Crippen molar-refractivity contribution in [1.82, 2.24) is 9.97 Å². The van der Waals surface area contributed by atoms with Gasteiger partial charge in [-0.05, 0) is 36.6 Å². The molecule has 0 fully saturated rings. The Bertz CT molecular complexity index is 973. The average molecular weight is 393 g/mol. The van der Waals surface area contributed by atoms with E-state index in [1.807, 2.05) is 6.08 Å². The van der Waals surface area contributed by atoms with Crippen LogP contribution in [0.5, 0.6) is 0 Å². The summed E-state index contributed by atoms with van der Waals surface area (Å²) in [7, 11) is 0.